The van der Waals surface area contributed by atoms with Crippen molar-refractivity contribution in [1.29, 1.82) is 0 Å². The zero-order valence-corrected chi connectivity index (χ0v) is 10.6. The van der Waals surface area contributed by atoms with Crippen LogP contribution < -0.4 is 0 Å². The summed E-state index contributed by atoms with van der Waals surface area (Å²) in [7, 11) is 0. The number of carboxylic acid groups (broad SMARTS) is 1. The maximum atomic E-state index is 12.7. The third-order valence-electron chi connectivity index (χ3n) is 1.95. The summed E-state index contributed by atoms with van der Waals surface area (Å²) >= 11 is 1.41. The summed E-state index contributed by atoms with van der Waals surface area (Å²) in [6, 6.07) is 0.466. The van der Waals surface area contributed by atoms with Gasteiger partial charge >= 0.3 is 12.1 Å². The third-order valence-corrected chi connectivity index (χ3v) is 2.50. The molecule has 1 aromatic rings. The van der Waals surface area contributed by atoms with Crippen LogP contribution in [0.4, 0.5) is 22.0 Å². The molecule has 1 N–H and O–H groups in total. The van der Waals surface area contributed by atoms with Crippen LogP contribution in [0.1, 0.15) is 23.2 Å². The van der Waals surface area contributed by atoms with Gasteiger partial charge in [0, 0.05) is 0 Å². The molecule has 0 radical (unpaired) electrons. The van der Waals surface area contributed by atoms with Gasteiger partial charge in [-0.15, -0.1) is 0 Å². The van der Waals surface area contributed by atoms with Crippen LogP contribution in [0.2, 0.25) is 0 Å². The van der Waals surface area contributed by atoms with Gasteiger partial charge in [-0.3, -0.25) is 4.79 Å². The van der Waals surface area contributed by atoms with Gasteiger partial charge in [-0.2, -0.15) is 13.2 Å². The lowest BCUT2D eigenvalue weighted by atomic mass is 10.0. The highest BCUT2D eigenvalue weighted by Gasteiger charge is 2.38. The molecule has 0 aromatic carbocycles. The first-order chi connectivity index (χ1) is 8.12. The average molecular weight is 381 g/mol. The Morgan fingerprint density at radius 1 is 1.44 bits per heavy atom. The minimum atomic E-state index is -4.98. The van der Waals surface area contributed by atoms with Crippen molar-refractivity contribution >= 4 is 28.6 Å². The van der Waals surface area contributed by atoms with Crippen molar-refractivity contribution < 1.29 is 31.9 Å². The van der Waals surface area contributed by atoms with E-state index in [2.05, 4.69) is 4.98 Å². The molecule has 9 heteroatoms. The molecule has 3 nitrogen and oxygen atoms in total. The van der Waals surface area contributed by atoms with E-state index < -0.39 is 41.8 Å². The fraction of sp³-hybridized carbons (Fsp3) is 0.333. The number of alkyl halides is 5. The van der Waals surface area contributed by atoms with Gasteiger partial charge in [0.2, 0.25) is 0 Å². The summed E-state index contributed by atoms with van der Waals surface area (Å²) < 4.78 is 62.9. The molecule has 1 aromatic heterocycles. The second-order valence-corrected chi connectivity index (χ2v) is 4.33. The Hall–Kier alpha value is -1.00. The van der Waals surface area contributed by atoms with Gasteiger partial charge in [-0.1, -0.05) is 0 Å². The van der Waals surface area contributed by atoms with E-state index in [0.717, 1.165) is 0 Å². The molecule has 0 saturated heterocycles. The maximum absolute atomic E-state index is 12.7. The average Bonchev–Trinajstić information content (AvgIpc) is 2.13. The number of hydrogen-bond donors (Lipinski definition) is 1. The lowest BCUT2D eigenvalue weighted by Crippen LogP contribution is -2.16. The van der Waals surface area contributed by atoms with Gasteiger partial charge in [0.25, 0.3) is 6.43 Å². The SMILES string of the molecule is O=C(O)Cc1nc(I)cc(C(F)(F)F)c1C(F)F. The summed E-state index contributed by atoms with van der Waals surface area (Å²) in [6.45, 7) is 0. The van der Waals surface area contributed by atoms with Gasteiger partial charge < -0.3 is 5.11 Å². The third kappa shape index (κ3) is 3.50. The van der Waals surface area contributed by atoms with Crippen molar-refractivity contribution in [3.63, 3.8) is 0 Å². The van der Waals surface area contributed by atoms with E-state index in [1.807, 2.05) is 0 Å². The molecule has 0 amide bonds. The second kappa shape index (κ2) is 5.33. The molecule has 0 aliphatic carbocycles. The topological polar surface area (TPSA) is 50.2 Å². The lowest BCUT2D eigenvalue weighted by Gasteiger charge is -2.15. The van der Waals surface area contributed by atoms with E-state index >= 15 is 0 Å². The van der Waals surface area contributed by atoms with Crippen molar-refractivity contribution in [2.45, 2.75) is 19.0 Å². The normalized spacial score (nSPS) is 11.9. The van der Waals surface area contributed by atoms with E-state index in [1.165, 1.54) is 22.6 Å². The molecule has 0 aliphatic heterocycles. The van der Waals surface area contributed by atoms with E-state index in [1.54, 1.807) is 0 Å². The molecule has 1 rings (SSSR count). The van der Waals surface area contributed by atoms with Crippen molar-refractivity contribution in [3.05, 3.63) is 26.6 Å². The predicted molar refractivity (Wildman–Crippen MR) is 58.3 cm³/mol. The number of nitrogens with zero attached hydrogens (tertiary/aromatic N) is 1. The molecule has 0 unspecified atom stereocenters. The Morgan fingerprint density at radius 2 is 2.00 bits per heavy atom. The molecule has 0 spiro atoms. The van der Waals surface area contributed by atoms with Crippen LogP contribution in [0.15, 0.2) is 6.07 Å². The van der Waals surface area contributed by atoms with Gasteiger partial charge in [0.15, 0.2) is 0 Å². The van der Waals surface area contributed by atoms with Gasteiger partial charge in [0.1, 0.15) is 3.70 Å². The van der Waals surface area contributed by atoms with Crippen LogP contribution in [0.25, 0.3) is 0 Å². The zero-order chi connectivity index (χ0) is 14.1. The molecule has 18 heavy (non-hydrogen) atoms. The fourth-order valence-corrected chi connectivity index (χ4v) is 1.93. The highest BCUT2D eigenvalue weighted by atomic mass is 127. The Bertz CT molecular complexity index is 475. The van der Waals surface area contributed by atoms with Crippen molar-refractivity contribution in [2.24, 2.45) is 0 Å². The Morgan fingerprint density at radius 3 is 2.39 bits per heavy atom. The summed E-state index contributed by atoms with van der Waals surface area (Å²) in [4.78, 5) is 13.9. The number of hydrogen-bond acceptors (Lipinski definition) is 2. The molecule has 0 saturated carbocycles. The quantitative estimate of drug-likeness (QED) is 0.497. The summed E-state index contributed by atoms with van der Waals surface area (Å²) in [6.07, 6.45) is -9.41. The van der Waals surface area contributed by atoms with E-state index in [-0.39, 0.29) is 3.70 Å². The number of rotatable bonds is 3. The van der Waals surface area contributed by atoms with Crippen LogP contribution in [-0.4, -0.2) is 16.1 Å². The molecule has 0 atom stereocenters. The predicted octanol–water partition coefficient (Wildman–Crippen LogP) is 3.27. The fourth-order valence-electron chi connectivity index (χ4n) is 1.33. The van der Waals surface area contributed by atoms with E-state index in [4.69, 9.17) is 5.11 Å². The Kier molecular flexibility index (Phi) is 4.46. The number of aromatic nitrogens is 1. The number of pyridine rings is 1. The second-order valence-electron chi connectivity index (χ2n) is 3.22. The van der Waals surface area contributed by atoms with Crippen LogP contribution >= 0.6 is 22.6 Å². The van der Waals surface area contributed by atoms with Gasteiger partial charge in [-0.05, 0) is 28.7 Å². The van der Waals surface area contributed by atoms with E-state index in [0.29, 0.717) is 6.07 Å². The molecule has 0 fully saturated rings. The molecule has 100 valence electrons. The van der Waals surface area contributed by atoms with Crippen molar-refractivity contribution in [2.75, 3.05) is 0 Å². The highest BCUT2D eigenvalue weighted by Crippen LogP contribution is 2.38. The van der Waals surface area contributed by atoms with Crippen LogP contribution in [0.5, 0.6) is 0 Å². The highest BCUT2D eigenvalue weighted by molar-refractivity contribution is 14.1. The smallest absolute Gasteiger partial charge is 0.417 e. The standard InChI is InChI=1S/C9H5F5INO2/c10-8(11)7-3(9(12,13)14)1-5(15)16-4(7)2-6(17)18/h1,8H,2H2,(H,17,18). The minimum absolute atomic E-state index is 0.194. The Balaban J connectivity index is 3.51. The van der Waals surface area contributed by atoms with E-state index in [9.17, 15) is 26.7 Å². The largest absolute Gasteiger partial charge is 0.481 e. The number of carboxylic acids is 1. The van der Waals surface area contributed by atoms with Gasteiger partial charge in [-0.25, -0.2) is 13.8 Å². The first-order valence-corrected chi connectivity index (χ1v) is 5.47. The first-order valence-electron chi connectivity index (χ1n) is 4.39. The summed E-state index contributed by atoms with van der Waals surface area (Å²) in [5.41, 5.74) is -3.69. The number of halogens is 6. The molecular formula is C9H5F5INO2. The van der Waals surface area contributed by atoms with Crippen LogP contribution in [-0.2, 0) is 17.4 Å². The van der Waals surface area contributed by atoms with Crippen molar-refractivity contribution in [3.8, 4) is 0 Å². The Labute approximate surface area is 111 Å². The molecule has 0 aliphatic rings. The van der Waals surface area contributed by atoms with Crippen LogP contribution in [0.3, 0.4) is 0 Å². The molecule has 0 bridgehead atoms. The summed E-state index contributed by atoms with van der Waals surface area (Å²) in [5.74, 6) is -1.53. The molecule has 1 heterocycles. The summed E-state index contributed by atoms with van der Waals surface area (Å²) in [5, 5.41) is 8.49. The lowest BCUT2D eigenvalue weighted by molar-refractivity contribution is -0.140. The first kappa shape index (κ1) is 15.1. The molecular weight excluding hydrogens is 376 g/mol. The number of carbonyl (C=O) groups is 1. The zero-order valence-electron chi connectivity index (χ0n) is 8.43. The van der Waals surface area contributed by atoms with Crippen molar-refractivity contribution in [1.82, 2.24) is 4.98 Å². The monoisotopic (exact) mass is 381 g/mol. The minimum Gasteiger partial charge on any atom is -0.481 e. The van der Waals surface area contributed by atoms with Crippen LogP contribution in [0, 0.1) is 3.70 Å². The van der Waals surface area contributed by atoms with Gasteiger partial charge in [0.05, 0.1) is 23.2 Å². The number of aliphatic carboxylic acids is 1. The maximum Gasteiger partial charge on any atom is 0.417 e.